The van der Waals surface area contributed by atoms with Gasteiger partial charge in [-0.1, -0.05) is 6.07 Å². The maximum absolute atomic E-state index is 12.9. The number of carbonyl (C=O) groups excluding carboxylic acids is 2. The highest BCUT2D eigenvalue weighted by Gasteiger charge is 2.31. The summed E-state index contributed by atoms with van der Waals surface area (Å²) in [5.74, 6) is -0.122. The van der Waals surface area contributed by atoms with E-state index in [4.69, 9.17) is 0 Å². The van der Waals surface area contributed by atoms with Crippen LogP contribution in [-0.4, -0.2) is 55.2 Å². The number of hydrogen-bond acceptors (Lipinski definition) is 6. The number of aromatic nitrogens is 1. The average Bonchev–Trinajstić information content (AvgIpc) is 3.14. The third-order valence-corrected chi connectivity index (χ3v) is 5.26. The Morgan fingerprint density at radius 2 is 1.97 bits per heavy atom. The molecule has 29 heavy (non-hydrogen) atoms. The minimum absolute atomic E-state index is 0.0862. The van der Waals surface area contributed by atoms with Crippen LogP contribution in [0.1, 0.15) is 11.3 Å². The van der Waals surface area contributed by atoms with Crippen LogP contribution in [0, 0.1) is 0 Å². The fourth-order valence-corrected chi connectivity index (χ4v) is 3.64. The summed E-state index contributed by atoms with van der Waals surface area (Å²) in [4.78, 5) is 31.3. The van der Waals surface area contributed by atoms with E-state index in [1.165, 1.54) is 24.5 Å². The quantitative estimate of drug-likeness (QED) is 0.810. The van der Waals surface area contributed by atoms with Gasteiger partial charge in [0.1, 0.15) is 0 Å². The standard InChI is InChI=1S/C18H19F3N4O3S/c1-28-17(27)23-16-22-13(11-29-16)10-15(26)25-7-5-24(6-8-25)14-4-2-3-12(9-14)18(19,20)21/h2-4,9,11H,5-8,10H2,1H3,(H,22,23,27). The van der Waals surface area contributed by atoms with Crippen molar-refractivity contribution in [3.05, 3.63) is 40.9 Å². The van der Waals surface area contributed by atoms with Crippen LogP contribution in [0.15, 0.2) is 29.6 Å². The topological polar surface area (TPSA) is 74.8 Å². The highest BCUT2D eigenvalue weighted by Crippen LogP contribution is 2.31. The van der Waals surface area contributed by atoms with Gasteiger partial charge in [-0.3, -0.25) is 10.1 Å². The Kier molecular flexibility index (Phi) is 6.26. The molecule has 1 saturated heterocycles. The van der Waals surface area contributed by atoms with Gasteiger partial charge in [-0.25, -0.2) is 9.78 Å². The fraction of sp³-hybridized carbons (Fsp3) is 0.389. The van der Waals surface area contributed by atoms with Crippen molar-refractivity contribution in [1.29, 1.82) is 0 Å². The van der Waals surface area contributed by atoms with Gasteiger partial charge in [-0.2, -0.15) is 13.2 Å². The van der Waals surface area contributed by atoms with Crippen molar-refractivity contribution < 1.29 is 27.5 Å². The predicted octanol–water partition coefficient (Wildman–Crippen LogP) is 3.23. The number of anilines is 2. The number of nitrogens with one attached hydrogen (secondary N) is 1. The summed E-state index contributed by atoms with van der Waals surface area (Å²) in [7, 11) is 1.24. The summed E-state index contributed by atoms with van der Waals surface area (Å²) >= 11 is 1.19. The molecule has 1 aromatic heterocycles. The molecule has 1 aromatic carbocycles. The van der Waals surface area contributed by atoms with Gasteiger partial charge in [0.15, 0.2) is 5.13 Å². The number of rotatable bonds is 4. The van der Waals surface area contributed by atoms with Crippen molar-refractivity contribution >= 4 is 34.2 Å². The molecule has 0 atom stereocenters. The lowest BCUT2D eigenvalue weighted by Crippen LogP contribution is -2.49. The molecule has 0 aliphatic carbocycles. The van der Waals surface area contributed by atoms with Crippen molar-refractivity contribution in [2.75, 3.05) is 43.5 Å². The molecule has 156 valence electrons. The molecular weight excluding hydrogens is 409 g/mol. The van der Waals surface area contributed by atoms with Crippen molar-refractivity contribution in [2.45, 2.75) is 12.6 Å². The van der Waals surface area contributed by atoms with E-state index in [0.717, 1.165) is 12.1 Å². The molecule has 2 heterocycles. The Labute approximate surface area is 169 Å². The van der Waals surface area contributed by atoms with Crippen LogP contribution in [-0.2, 0) is 22.1 Å². The van der Waals surface area contributed by atoms with E-state index in [1.807, 2.05) is 4.90 Å². The van der Waals surface area contributed by atoms with E-state index >= 15 is 0 Å². The molecule has 0 bridgehead atoms. The van der Waals surface area contributed by atoms with E-state index in [9.17, 15) is 22.8 Å². The number of piperazine rings is 1. The van der Waals surface area contributed by atoms with Gasteiger partial charge in [0, 0.05) is 37.2 Å². The van der Waals surface area contributed by atoms with Gasteiger partial charge in [0.25, 0.3) is 0 Å². The van der Waals surface area contributed by atoms with Crippen molar-refractivity contribution in [2.24, 2.45) is 0 Å². The Balaban J connectivity index is 1.54. The zero-order valence-corrected chi connectivity index (χ0v) is 16.3. The zero-order valence-electron chi connectivity index (χ0n) is 15.5. The first kappa shape index (κ1) is 20.9. The number of nitrogens with zero attached hydrogens (tertiary/aromatic N) is 3. The first-order chi connectivity index (χ1) is 13.8. The number of amides is 2. The molecular formula is C18H19F3N4O3S. The highest BCUT2D eigenvalue weighted by atomic mass is 32.1. The Morgan fingerprint density at radius 1 is 1.24 bits per heavy atom. The lowest BCUT2D eigenvalue weighted by Gasteiger charge is -2.36. The molecule has 0 unspecified atom stereocenters. The van der Waals surface area contributed by atoms with Crippen molar-refractivity contribution in [1.82, 2.24) is 9.88 Å². The molecule has 3 rings (SSSR count). The third kappa shape index (κ3) is 5.37. The van der Waals surface area contributed by atoms with Crippen molar-refractivity contribution in [3.63, 3.8) is 0 Å². The van der Waals surface area contributed by atoms with Crippen LogP contribution in [0.3, 0.4) is 0 Å². The zero-order chi connectivity index (χ0) is 21.0. The Morgan fingerprint density at radius 3 is 2.62 bits per heavy atom. The second-order valence-electron chi connectivity index (χ2n) is 6.35. The normalized spacial score (nSPS) is 14.6. The number of hydrogen-bond donors (Lipinski definition) is 1. The van der Waals surface area contributed by atoms with Crippen LogP contribution < -0.4 is 10.2 Å². The van der Waals surface area contributed by atoms with Crippen LogP contribution >= 0.6 is 11.3 Å². The van der Waals surface area contributed by atoms with Crippen LogP contribution in [0.2, 0.25) is 0 Å². The highest BCUT2D eigenvalue weighted by molar-refractivity contribution is 7.13. The molecule has 11 heteroatoms. The van der Waals surface area contributed by atoms with Gasteiger partial charge in [-0.15, -0.1) is 11.3 Å². The van der Waals surface area contributed by atoms with Gasteiger partial charge < -0.3 is 14.5 Å². The number of thiazole rings is 1. The van der Waals surface area contributed by atoms with Gasteiger partial charge >= 0.3 is 12.3 Å². The molecule has 2 aromatic rings. The predicted molar refractivity (Wildman–Crippen MR) is 102 cm³/mol. The van der Waals surface area contributed by atoms with E-state index in [-0.39, 0.29) is 12.3 Å². The lowest BCUT2D eigenvalue weighted by molar-refractivity contribution is -0.137. The monoisotopic (exact) mass is 428 g/mol. The minimum atomic E-state index is -4.39. The number of carbonyl (C=O) groups is 2. The van der Waals surface area contributed by atoms with Crippen molar-refractivity contribution in [3.8, 4) is 0 Å². The fourth-order valence-electron chi connectivity index (χ4n) is 2.94. The molecule has 0 radical (unpaired) electrons. The number of halogens is 3. The maximum Gasteiger partial charge on any atom is 0.416 e. The third-order valence-electron chi connectivity index (χ3n) is 4.45. The summed E-state index contributed by atoms with van der Waals surface area (Å²) in [6.45, 7) is 1.71. The summed E-state index contributed by atoms with van der Waals surface area (Å²) < 4.78 is 43.2. The number of ether oxygens (including phenoxy) is 1. The van der Waals surface area contributed by atoms with Gasteiger partial charge in [0.05, 0.1) is 24.8 Å². The molecule has 1 aliphatic rings. The van der Waals surface area contributed by atoms with Crippen LogP contribution in [0.5, 0.6) is 0 Å². The number of methoxy groups -OCH3 is 1. The largest absolute Gasteiger partial charge is 0.453 e. The summed E-state index contributed by atoms with van der Waals surface area (Å²) in [5.41, 5.74) is 0.338. The second kappa shape index (κ2) is 8.68. The van der Waals surface area contributed by atoms with Gasteiger partial charge in [-0.05, 0) is 18.2 Å². The lowest BCUT2D eigenvalue weighted by atomic mass is 10.1. The summed E-state index contributed by atoms with van der Waals surface area (Å²) in [6.07, 6.45) is -4.94. The molecule has 0 spiro atoms. The molecule has 1 aliphatic heterocycles. The summed E-state index contributed by atoms with van der Waals surface area (Å²) in [6, 6.07) is 5.19. The van der Waals surface area contributed by atoms with E-state index < -0.39 is 17.8 Å². The first-order valence-electron chi connectivity index (χ1n) is 8.75. The van der Waals surface area contributed by atoms with Crippen LogP contribution in [0.25, 0.3) is 0 Å². The molecule has 0 saturated carbocycles. The second-order valence-corrected chi connectivity index (χ2v) is 7.21. The molecule has 2 amide bonds. The number of alkyl halides is 3. The number of benzene rings is 1. The van der Waals surface area contributed by atoms with Gasteiger partial charge in [0.2, 0.25) is 5.91 Å². The summed E-state index contributed by atoms with van der Waals surface area (Å²) in [5, 5.41) is 4.46. The SMILES string of the molecule is COC(=O)Nc1nc(CC(=O)N2CCN(c3cccc(C(F)(F)F)c3)CC2)cs1. The molecule has 1 N–H and O–H groups in total. The smallest absolute Gasteiger partial charge is 0.416 e. The van der Waals surface area contributed by atoms with E-state index in [0.29, 0.717) is 42.7 Å². The maximum atomic E-state index is 12.9. The first-order valence-corrected chi connectivity index (χ1v) is 9.63. The van der Waals surface area contributed by atoms with E-state index in [2.05, 4.69) is 15.0 Å². The minimum Gasteiger partial charge on any atom is -0.453 e. The molecule has 7 nitrogen and oxygen atoms in total. The Hall–Kier alpha value is -2.82. The van der Waals surface area contributed by atoms with E-state index in [1.54, 1.807) is 16.3 Å². The Bertz CT molecular complexity index is 879. The van der Waals surface area contributed by atoms with Crippen LogP contribution in [0.4, 0.5) is 28.8 Å². The average molecular weight is 428 g/mol. The molecule has 1 fully saturated rings.